The van der Waals surface area contributed by atoms with Crippen LogP contribution in [0.3, 0.4) is 0 Å². The summed E-state index contributed by atoms with van der Waals surface area (Å²) >= 11 is 0. The average Bonchev–Trinajstić information content (AvgIpc) is 2.58. The summed E-state index contributed by atoms with van der Waals surface area (Å²) in [6.07, 6.45) is 5.01. The fraction of sp³-hybridized carbons (Fsp3) is 0. The van der Waals surface area contributed by atoms with Crippen LogP contribution in [-0.2, 0) is 20.1 Å². The predicted octanol–water partition coefficient (Wildman–Crippen LogP) is 0.460. The van der Waals surface area contributed by atoms with Crippen LogP contribution in [0.4, 0.5) is 0 Å². The van der Waals surface area contributed by atoms with Gasteiger partial charge in [0.25, 0.3) is 0 Å². The molecular formula is C7H5IrN4-. The number of nitrogens with zero attached hydrogens (tertiary/aromatic N) is 4. The van der Waals surface area contributed by atoms with E-state index in [1.165, 1.54) is 0 Å². The summed E-state index contributed by atoms with van der Waals surface area (Å²) in [7, 11) is 0. The molecule has 2 aromatic rings. The Kier molecular flexibility index (Phi) is 3.08. The van der Waals surface area contributed by atoms with Crippen LogP contribution in [0.1, 0.15) is 0 Å². The maximum Gasteiger partial charge on any atom is 0.0697 e. The van der Waals surface area contributed by atoms with Crippen LogP contribution in [0.2, 0.25) is 0 Å². The van der Waals surface area contributed by atoms with Gasteiger partial charge in [0.05, 0.1) is 18.2 Å². The van der Waals surface area contributed by atoms with Crippen LogP contribution < -0.4 is 0 Å². The minimum absolute atomic E-state index is 0. The first-order valence-corrected chi connectivity index (χ1v) is 3.16. The van der Waals surface area contributed by atoms with Gasteiger partial charge in [-0.2, -0.15) is 6.07 Å². The van der Waals surface area contributed by atoms with Gasteiger partial charge in [0.2, 0.25) is 0 Å². The molecule has 63 valence electrons. The molecule has 2 aromatic heterocycles. The number of rotatable bonds is 1. The van der Waals surface area contributed by atoms with Crippen LogP contribution in [0.25, 0.3) is 5.82 Å². The average molecular weight is 337 g/mol. The molecule has 0 aromatic carbocycles. The maximum absolute atomic E-state index is 4.03. The number of pyridine rings is 1. The zero-order valence-electron chi connectivity index (χ0n) is 6.01. The first-order chi connectivity index (χ1) is 5.47. The molecule has 0 aliphatic carbocycles. The van der Waals surface area contributed by atoms with Gasteiger partial charge >= 0.3 is 0 Å². The van der Waals surface area contributed by atoms with Crippen molar-refractivity contribution in [1.82, 2.24) is 20.0 Å². The van der Waals surface area contributed by atoms with Gasteiger partial charge in [0, 0.05) is 20.1 Å². The van der Waals surface area contributed by atoms with Crippen LogP contribution in [-0.4, -0.2) is 20.0 Å². The summed E-state index contributed by atoms with van der Waals surface area (Å²) < 4.78 is 1.56. The Morgan fingerprint density at radius 1 is 1.33 bits per heavy atom. The number of hydrogen-bond acceptors (Lipinski definition) is 3. The molecule has 0 aliphatic rings. The minimum atomic E-state index is 0. The maximum atomic E-state index is 4.03. The molecule has 2 heterocycles. The molecule has 0 unspecified atom stereocenters. The summed E-state index contributed by atoms with van der Waals surface area (Å²) in [6, 6.07) is 6.51. The van der Waals surface area contributed by atoms with E-state index in [2.05, 4.69) is 21.4 Å². The third-order valence-corrected chi connectivity index (χ3v) is 1.23. The quantitative estimate of drug-likeness (QED) is 0.710. The molecule has 0 N–H and O–H groups in total. The number of aromatic nitrogens is 4. The molecule has 4 nitrogen and oxygen atoms in total. The Balaban J connectivity index is 0.000000720. The Morgan fingerprint density at radius 2 is 2.25 bits per heavy atom. The van der Waals surface area contributed by atoms with Gasteiger partial charge in [-0.25, -0.2) is 16.8 Å². The predicted molar refractivity (Wildman–Crippen MR) is 38.0 cm³/mol. The Morgan fingerprint density at radius 3 is 2.83 bits per heavy atom. The van der Waals surface area contributed by atoms with Crippen molar-refractivity contribution in [2.24, 2.45) is 0 Å². The van der Waals surface area contributed by atoms with E-state index < -0.39 is 0 Å². The first-order valence-electron chi connectivity index (χ1n) is 3.16. The molecule has 2 rings (SSSR count). The van der Waals surface area contributed by atoms with E-state index in [-0.39, 0.29) is 20.1 Å². The van der Waals surface area contributed by atoms with Crippen molar-refractivity contribution in [3.63, 3.8) is 0 Å². The van der Waals surface area contributed by atoms with Crippen LogP contribution >= 0.6 is 0 Å². The minimum Gasteiger partial charge on any atom is -0.277 e. The van der Waals surface area contributed by atoms with E-state index in [9.17, 15) is 0 Å². The zero-order valence-corrected chi connectivity index (χ0v) is 8.40. The summed E-state index contributed by atoms with van der Waals surface area (Å²) in [4.78, 5) is 4.03. The molecule has 0 amide bonds. The molecule has 0 atom stereocenters. The zero-order chi connectivity index (χ0) is 7.52. The second kappa shape index (κ2) is 4.09. The Labute approximate surface area is 83.0 Å². The molecule has 0 saturated carbocycles. The van der Waals surface area contributed by atoms with E-state index in [1.54, 1.807) is 35.4 Å². The molecule has 0 bridgehead atoms. The smallest absolute Gasteiger partial charge is 0.0697 e. The molecule has 0 aliphatic heterocycles. The standard InChI is InChI=1S/C7H5N4.Ir/c1-2-4-8-7(3-1)11-6-5-9-10-11;/h1-2,4-6H;/q-1;. The molecule has 0 fully saturated rings. The summed E-state index contributed by atoms with van der Waals surface area (Å²) in [5.41, 5.74) is 0. The fourth-order valence-electron chi connectivity index (χ4n) is 0.763. The van der Waals surface area contributed by atoms with E-state index >= 15 is 0 Å². The molecular weight excluding hydrogens is 332 g/mol. The van der Waals surface area contributed by atoms with Crippen molar-refractivity contribution >= 4 is 0 Å². The van der Waals surface area contributed by atoms with Crippen molar-refractivity contribution in [2.75, 3.05) is 0 Å². The molecule has 5 heteroatoms. The topological polar surface area (TPSA) is 43.6 Å². The van der Waals surface area contributed by atoms with Gasteiger partial charge in [-0.3, -0.25) is 4.98 Å². The molecule has 0 spiro atoms. The summed E-state index contributed by atoms with van der Waals surface area (Å²) in [6.45, 7) is 0. The van der Waals surface area contributed by atoms with Gasteiger partial charge in [-0.05, 0) is 0 Å². The van der Waals surface area contributed by atoms with Crippen molar-refractivity contribution in [2.45, 2.75) is 0 Å². The fourth-order valence-corrected chi connectivity index (χ4v) is 0.763. The van der Waals surface area contributed by atoms with Crippen molar-refractivity contribution in [1.29, 1.82) is 0 Å². The second-order valence-electron chi connectivity index (χ2n) is 1.95. The SMILES string of the molecule is [Ir].[c-]1cccnc1-n1ccnn1. The second-order valence-corrected chi connectivity index (χ2v) is 1.95. The van der Waals surface area contributed by atoms with Crippen molar-refractivity contribution in [3.8, 4) is 5.82 Å². The van der Waals surface area contributed by atoms with Crippen molar-refractivity contribution < 1.29 is 20.1 Å². The summed E-state index contributed by atoms with van der Waals surface area (Å²) in [5, 5.41) is 7.41. The van der Waals surface area contributed by atoms with E-state index in [1.807, 2.05) is 0 Å². The van der Waals surface area contributed by atoms with Crippen LogP contribution in [0.5, 0.6) is 0 Å². The van der Waals surface area contributed by atoms with Gasteiger partial charge in [0.1, 0.15) is 0 Å². The van der Waals surface area contributed by atoms with Gasteiger partial charge in [-0.1, -0.05) is 11.4 Å². The van der Waals surface area contributed by atoms with Crippen LogP contribution in [0.15, 0.2) is 30.7 Å². The Bertz CT molecular complexity index is 318. The van der Waals surface area contributed by atoms with E-state index in [0.717, 1.165) is 0 Å². The molecule has 1 radical (unpaired) electrons. The van der Waals surface area contributed by atoms with Crippen molar-refractivity contribution in [3.05, 3.63) is 36.8 Å². The van der Waals surface area contributed by atoms with E-state index in [0.29, 0.717) is 5.82 Å². The monoisotopic (exact) mass is 338 g/mol. The number of hydrogen-bond donors (Lipinski definition) is 0. The van der Waals surface area contributed by atoms with Gasteiger partial charge in [0.15, 0.2) is 0 Å². The third-order valence-electron chi connectivity index (χ3n) is 1.23. The van der Waals surface area contributed by atoms with E-state index in [4.69, 9.17) is 0 Å². The first kappa shape index (κ1) is 9.03. The third kappa shape index (κ3) is 1.75. The molecule has 12 heavy (non-hydrogen) atoms. The largest absolute Gasteiger partial charge is 0.277 e. The van der Waals surface area contributed by atoms with Crippen LogP contribution in [0, 0.1) is 6.07 Å². The normalized spacial score (nSPS) is 9.00. The Hall–Kier alpha value is -1.06. The summed E-state index contributed by atoms with van der Waals surface area (Å²) in [5.74, 6) is 0.657. The molecule has 0 saturated heterocycles. The van der Waals surface area contributed by atoms with Gasteiger partial charge < -0.3 is 0 Å². The van der Waals surface area contributed by atoms with Gasteiger partial charge in [-0.15, -0.1) is 5.10 Å².